The van der Waals surface area contributed by atoms with Gasteiger partial charge < -0.3 is 16.0 Å². The van der Waals surface area contributed by atoms with E-state index >= 15 is 0 Å². The first-order valence-corrected chi connectivity index (χ1v) is 10.4. The van der Waals surface area contributed by atoms with Crippen LogP contribution in [0.2, 0.25) is 0 Å². The van der Waals surface area contributed by atoms with E-state index in [1.807, 2.05) is 49.4 Å². The molecule has 1 heterocycles. The number of rotatable bonds is 8. The first-order chi connectivity index (χ1) is 16.0. The summed E-state index contributed by atoms with van der Waals surface area (Å²) in [5.41, 5.74) is 2.82. The van der Waals surface area contributed by atoms with Crippen LogP contribution >= 0.6 is 0 Å². The van der Waals surface area contributed by atoms with Gasteiger partial charge in [0.2, 0.25) is 5.91 Å². The quantitative estimate of drug-likeness (QED) is 0.279. The van der Waals surface area contributed by atoms with Gasteiger partial charge in [-0.15, -0.1) is 0 Å². The number of amides is 1. The average Bonchev–Trinajstić information content (AvgIpc) is 2.86. The van der Waals surface area contributed by atoms with E-state index in [2.05, 4.69) is 27.5 Å². The molecule has 1 amide bonds. The van der Waals surface area contributed by atoms with Gasteiger partial charge in [0.25, 0.3) is 10.9 Å². The van der Waals surface area contributed by atoms with Crippen molar-refractivity contribution < 1.29 is 4.79 Å². The van der Waals surface area contributed by atoms with E-state index in [1.54, 1.807) is 30.5 Å². The van der Waals surface area contributed by atoms with Crippen LogP contribution in [0.4, 0.5) is 22.7 Å². The summed E-state index contributed by atoms with van der Waals surface area (Å²) >= 11 is 0. The molecule has 7 heteroatoms. The molecule has 0 bridgehead atoms. The van der Waals surface area contributed by atoms with Crippen molar-refractivity contribution in [2.24, 2.45) is 0 Å². The summed E-state index contributed by atoms with van der Waals surface area (Å²) in [4.78, 5) is 40.7. The maximum Gasteiger partial charge on any atom is 0.253 e. The van der Waals surface area contributed by atoms with Crippen LogP contribution in [-0.2, 0) is 4.79 Å². The van der Waals surface area contributed by atoms with E-state index in [4.69, 9.17) is 0 Å². The van der Waals surface area contributed by atoms with Crippen molar-refractivity contribution >= 4 is 28.7 Å². The molecule has 0 radical (unpaired) electrons. The monoisotopic (exact) mass is 438 g/mol. The number of aromatic nitrogens is 1. The third-order valence-corrected chi connectivity index (χ3v) is 5.25. The maximum atomic E-state index is 12.3. The highest BCUT2D eigenvalue weighted by atomic mass is 16.2. The maximum absolute atomic E-state index is 12.3. The lowest BCUT2D eigenvalue weighted by Gasteiger charge is -2.20. The van der Waals surface area contributed by atoms with Crippen molar-refractivity contribution in [3.63, 3.8) is 0 Å². The average molecular weight is 438 g/mol. The summed E-state index contributed by atoms with van der Waals surface area (Å²) in [6.45, 7) is 5.40. The van der Waals surface area contributed by atoms with Gasteiger partial charge >= 0.3 is 0 Å². The zero-order valence-electron chi connectivity index (χ0n) is 18.0. The Kier molecular flexibility index (Phi) is 6.13. The summed E-state index contributed by atoms with van der Waals surface area (Å²) in [5.74, 6) is -0.330. The van der Waals surface area contributed by atoms with Gasteiger partial charge in [-0.05, 0) is 36.8 Å². The predicted octanol–water partition coefficient (Wildman–Crippen LogP) is 4.39. The Bertz CT molecular complexity index is 1390. The zero-order chi connectivity index (χ0) is 23.4. The summed E-state index contributed by atoms with van der Waals surface area (Å²) in [6, 6.07) is 20.2. The minimum absolute atomic E-state index is 0.150. The number of carbonyl (C=O) groups is 1. The number of hydrogen-bond donors (Lipinski definition) is 3. The number of hydrogen-bond acceptors (Lipinski definition) is 6. The fraction of sp³-hybridized carbons (Fsp3) is 0.0769. The Morgan fingerprint density at radius 3 is 2.42 bits per heavy atom. The Morgan fingerprint density at radius 2 is 1.67 bits per heavy atom. The molecule has 0 aliphatic rings. The topological polar surface area (TPSA) is 100 Å². The Morgan fingerprint density at radius 1 is 0.970 bits per heavy atom. The number of pyridine rings is 1. The van der Waals surface area contributed by atoms with E-state index in [0.29, 0.717) is 22.6 Å². The largest absolute Gasteiger partial charge is 0.373 e. The normalized spacial score (nSPS) is 11.5. The number of benzene rings is 2. The van der Waals surface area contributed by atoms with Crippen LogP contribution in [0.5, 0.6) is 0 Å². The van der Waals surface area contributed by atoms with Gasteiger partial charge in [0, 0.05) is 23.5 Å². The Balaban J connectivity index is 1.59. The minimum atomic E-state index is -0.574. The van der Waals surface area contributed by atoms with Gasteiger partial charge in [0.05, 0.1) is 11.4 Å². The second-order valence-electron chi connectivity index (χ2n) is 7.48. The van der Waals surface area contributed by atoms with Crippen LogP contribution in [0.15, 0.2) is 95.2 Å². The number of carbonyl (C=O) groups excluding carboxylic acids is 1. The molecule has 4 aromatic rings. The predicted molar refractivity (Wildman–Crippen MR) is 132 cm³/mol. The van der Waals surface area contributed by atoms with Crippen molar-refractivity contribution in [1.29, 1.82) is 0 Å². The smallest absolute Gasteiger partial charge is 0.253 e. The van der Waals surface area contributed by atoms with E-state index in [0.717, 1.165) is 5.56 Å². The third-order valence-electron chi connectivity index (χ3n) is 5.25. The molecule has 0 saturated carbocycles. The van der Waals surface area contributed by atoms with Crippen molar-refractivity contribution in [3.05, 3.63) is 112 Å². The van der Waals surface area contributed by atoms with Crippen LogP contribution in [0.25, 0.3) is 11.3 Å². The molecule has 0 saturated heterocycles. The summed E-state index contributed by atoms with van der Waals surface area (Å²) in [5, 5.41) is 8.95. The van der Waals surface area contributed by atoms with E-state index in [9.17, 15) is 14.4 Å². The molecular weight excluding hydrogens is 416 g/mol. The fourth-order valence-corrected chi connectivity index (χ4v) is 3.49. The van der Waals surface area contributed by atoms with Crippen LogP contribution in [0, 0.1) is 0 Å². The molecule has 33 heavy (non-hydrogen) atoms. The lowest BCUT2D eigenvalue weighted by atomic mass is 10.1. The molecule has 3 N–H and O–H groups in total. The van der Waals surface area contributed by atoms with E-state index in [1.165, 1.54) is 6.08 Å². The van der Waals surface area contributed by atoms with Gasteiger partial charge in [-0.2, -0.15) is 0 Å². The number of anilines is 4. The molecule has 0 fully saturated rings. The van der Waals surface area contributed by atoms with Crippen LogP contribution in [0.3, 0.4) is 0 Å². The molecule has 1 aromatic heterocycles. The van der Waals surface area contributed by atoms with Gasteiger partial charge in [-0.1, -0.05) is 55.1 Å². The van der Waals surface area contributed by atoms with Crippen LogP contribution < -0.4 is 26.8 Å². The molecular formula is C26H22N4O3. The van der Waals surface area contributed by atoms with E-state index in [-0.39, 0.29) is 23.3 Å². The lowest BCUT2D eigenvalue weighted by Crippen LogP contribution is -2.37. The highest BCUT2D eigenvalue weighted by molar-refractivity contribution is 6.01. The fourth-order valence-electron chi connectivity index (χ4n) is 3.49. The first kappa shape index (κ1) is 21.7. The van der Waals surface area contributed by atoms with Gasteiger partial charge in [-0.25, -0.2) is 0 Å². The Hall–Kier alpha value is -4.52. The van der Waals surface area contributed by atoms with Crippen molar-refractivity contribution in [1.82, 2.24) is 4.98 Å². The second-order valence-corrected chi connectivity index (χ2v) is 7.48. The lowest BCUT2D eigenvalue weighted by molar-refractivity contribution is -0.111. The number of nitrogens with one attached hydrogen (secondary N) is 3. The third kappa shape index (κ3) is 4.57. The molecule has 4 rings (SSSR count). The van der Waals surface area contributed by atoms with E-state index < -0.39 is 10.9 Å². The number of para-hydroxylation sites is 1. The SMILES string of the molecule is C=CC(=O)Nc1ccccc1-c1cc(Nc2c(N[C@H](C)c3ccccc3)c(=O)c2=O)ccn1. The van der Waals surface area contributed by atoms with Crippen molar-refractivity contribution in [2.75, 3.05) is 16.0 Å². The van der Waals surface area contributed by atoms with Crippen LogP contribution in [-0.4, -0.2) is 10.9 Å². The van der Waals surface area contributed by atoms with Crippen LogP contribution in [0.1, 0.15) is 18.5 Å². The molecule has 0 aliphatic carbocycles. The second kappa shape index (κ2) is 9.32. The standard InChI is InChI=1S/C26H22N4O3/c1-3-22(31)30-20-12-8-7-11-19(20)21-15-18(13-14-27-21)29-24-23(25(32)26(24)33)28-16(2)17-9-5-4-6-10-17/h3-16,28H,1H2,2H3,(H,27,29)(H,30,31)/t16-/m1/s1. The summed E-state index contributed by atoms with van der Waals surface area (Å²) in [7, 11) is 0. The zero-order valence-corrected chi connectivity index (χ0v) is 18.0. The van der Waals surface area contributed by atoms with Crippen molar-refractivity contribution in [2.45, 2.75) is 13.0 Å². The molecule has 0 spiro atoms. The highest BCUT2D eigenvalue weighted by Gasteiger charge is 2.23. The molecule has 3 aromatic carbocycles. The molecule has 164 valence electrons. The summed E-state index contributed by atoms with van der Waals surface area (Å²) < 4.78 is 0. The molecule has 0 unspecified atom stereocenters. The molecule has 1 atom stereocenters. The first-order valence-electron chi connectivity index (χ1n) is 10.4. The highest BCUT2D eigenvalue weighted by Crippen LogP contribution is 2.30. The summed E-state index contributed by atoms with van der Waals surface area (Å²) in [6.07, 6.45) is 2.79. The molecule has 7 nitrogen and oxygen atoms in total. The van der Waals surface area contributed by atoms with Crippen molar-refractivity contribution in [3.8, 4) is 11.3 Å². The van der Waals surface area contributed by atoms with Gasteiger partial charge in [0.15, 0.2) is 0 Å². The Labute approximate surface area is 190 Å². The van der Waals surface area contributed by atoms with Gasteiger partial charge in [-0.3, -0.25) is 19.4 Å². The minimum Gasteiger partial charge on any atom is -0.373 e. The molecule has 0 aliphatic heterocycles. The number of nitrogens with zero attached hydrogens (tertiary/aromatic N) is 1. The van der Waals surface area contributed by atoms with Gasteiger partial charge in [0.1, 0.15) is 11.4 Å².